The normalized spacial score (nSPS) is 28.0. The van der Waals surface area contributed by atoms with Gasteiger partial charge >= 0.3 is 0 Å². The molecule has 3 fully saturated rings. The number of hydrogen-bond acceptors (Lipinski definition) is 3. The molecule has 0 aliphatic carbocycles. The second kappa shape index (κ2) is 4.95. The van der Waals surface area contributed by atoms with Gasteiger partial charge in [0, 0.05) is 6.54 Å². The van der Waals surface area contributed by atoms with Crippen LogP contribution in [0.25, 0.3) is 6.08 Å². The zero-order valence-electron chi connectivity index (χ0n) is 11.0. The summed E-state index contributed by atoms with van der Waals surface area (Å²) in [4.78, 5) is 2.32. The van der Waals surface area contributed by atoms with Crippen molar-refractivity contribution in [2.24, 2.45) is 11.1 Å². The van der Waals surface area contributed by atoms with Gasteiger partial charge < -0.3 is 0 Å². The van der Waals surface area contributed by atoms with Crippen molar-refractivity contribution in [2.75, 3.05) is 19.6 Å². The quantitative estimate of drug-likeness (QED) is 0.901. The molecule has 20 heavy (non-hydrogen) atoms. The Labute approximate surface area is 118 Å². The van der Waals surface area contributed by atoms with Gasteiger partial charge in [0.1, 0.15) is 5.82 Å². The molecule has 4 nitrogen and oxygen atoms in total. The predicted octanol–water partition coefficient (Wildman–Crippen LogP) is 1.58. The number of piperidine rings is 3. The number of hydrogen-bond donors (Lipinski definition) is 1. The van der Waals surface area contributed by atoms with Crippen LogP contribution in [0.3, 0.4) is 0 Å². The van der Waals surface area contributed by atoms with Gasteiger partial charge in [0.05, 0.1) is 4.90 Å². The highest BCUT2D eigenvalue weighted by Gasteiger charge is 2.29. The van der Waals surface area contributed by atoms with Crippen molar-refractivity contribution in [1.82, 2.24) is 4.90 Å². The summed E-state index contributed by atoms with van der Waals surface area (Å²) in [6.07, 6.45) is 3.98. The maximum absolute atomic E-state index is 13.4. The monoisotopic (exact) mass is 296 g/mol. The molecule has 2 N–H and O–H groups in total. The summed E-state index contributed by atoms with van der Waals surface area (Å²) >= 11 is 0. The fraction of sp³-hybridized carbons (Fsp3) is 0.429. The molecule has 0 saturated carbocycles. The predicted molar refractivity (Wildman–Crippen MR) is 74.9 cm³/mol. The maximum Gasteiger partial charge on any atom is 0.238 e. The number of benzene rings is 1. The van der Waals surface area contributed by atoms with Gasteiger partial charge in [-0.25, -0.2) is 17.9 Å². The molecule has 2 bridgehead atoms. The average Bonchev–Trinajstić information content (AvgIpc) is 2.38. The van der Waals surface area contributed by atoms with Gasteiger partial charge in [-0.15, -0.1) is 0 Å². The first-order valence-electron chi connectivity index (χ1n) is 6.68. The number of rotatable bonds is 2. The third kappa shape index (κ3) is 2.63. The van der Waals surface area contributed by atoms with Crippen molar-refractivity contribution in [3.05, 3.63) is 35.2 Å². The third-order valence-electron chi connectivity index (χ3n) is 4.14. The molecule has 0 amide bonds. The molecule has 3 aliphatic rings. The smallest absolute Gasteiger partial charge is 0.238 e. The van der Waals surface area contributed by atoms with E-state index in [0.717, 1.165) is 38.5 Å². The van der Waals surface area contributed by atoms with E-state index in [0.29, 0.717) is 11.5 Å². The lowest BCUT2D eigenvalue weighted by Crippen LogP contribution is -2.42. The second-order valence-corrected chi connectivity index (χ2v) is 7.03. The van der Waals surface area contributed by atoms with E-state index < -0.39 is 15.8 Å². The van der Waals surface area contributed by atoms with Crippen molar-refractivity contribution in [1.29, 1.82) is 0 Å². The lowest BCUT2D eigenvalue weighted by molar-refractivity contribution is 0.163. The van der Waals surface area contributed by atoms with Crippen molar-refractivity contribution >= 4 is 16.1 Å². The number of halogens is 1. The highest BCUT2D eigenvalue weighted by Crippen LogP contribution is 2.33. The van der Waals surface area contributed by atoms with Crippen LogP contribution in [-0.4, -0.2) is 33.0 Å². The summed E-state index contributed by atoms with van der Waals surface area (Å²) in [5.74, 6) is 0.0297. The minimum atomic E-state index is -3.84. The molecule has 108 valence electrons. The lowest BCUT2D eigenvalue weighted by atomic mass is 9.83. The van der Waals surface area contributed by atoms with Crippen LogP contribution in [0, 0.1) is 11.7 Å². The van der Waals surface area contributed by atoms with Gasteiger partial charge in [-0.3, -0.25) is 4.90 Å². The Morgan fingerprint density at radius 3 is 2.55 bits per heavy atom. The molecule has 6 heteroatoms. The SMILES string of the molecule is NS(=O)(=O)c1ccc(F)cc1/C=C1/CN2CCC1CC2. The molecule has 0 atom stereocenters. The summed E-state index contributed by atoms with van der Waals surface area (Å²) in [6, 6.07) is 3.60. The number of sulfonamides is 1. The first kappa shape index (κ1) is 13.7. The minimum absolute atomic E-state index is 0.0113. The second-order valence-electron chi connectivity index (χ2n) is 5.50. The maximum atomic E-state index is 13.4. The third-order valence-corrected chi connectivity index (χ3v) is 5.12. The molecule has 3 heterocycles. The Morgan fingerprint density at radius 2 is 2.00 bits per heavy atom. The fourth-order valence-electron chi connectivity index (χ4n) is 3.10. The highest BCUT2D eigenvalue weighted by molar-refractivity contribution is 7.89. The van der Waals surface area contributed by atoms with Gasteiger partial charge in [-0.2, -0.15) is 0 Å². The summed E-state index contributed by atoms with van der Waals surface area (Å²) in [5.41, 5.74) is 1.54. The van der Waals surface area contributed by atoms with Crippen LogP contribution >= 0.6 is 0 Å². The Balaban J connectivity index is 2.04. The van der Waals surface area contributed by atoms with E-state index in [2.05, 4.69) is 4.90 Å². The number of fused-ring (bicyclic) bond motifs is 3. The molecule has 0 spiro atoms. The summed E-state index contributed by atoms with van der Waals surface area (Å²) in [7, 11) is -3.84. The molecule has 0 unspecified atom stereocenters. The molecule has 3 aliphatic heterocycles. The first-order valence-corrected chi connectivity index (χ1v) is 8.23. The number of nitrogens with two attached hydrogens (primary N) is 1. The fourth-order valence-corrected chi connectivity index (χ4v) is 3.81. The van der Waals surface area contributed by atoms with Crippen molar-refractivity contribution in [2.45, 2.75) is 17.7 Å². The zero-order valence-corrected chi connectivity index (χ0v) is 11.9. The summed E-state index contributed by atoms with van der Waals surface area (Å²) < 4.78 is 36.6. The van der Waals surface area contributed by atoms with E-state index in [1.165, 1.54) is 17.7 Å². The largest absolute Gasteiger partial charge is 0.299 e. The highest BCUT2D eigenvalue weighted by atomic mass is 32.2. The zero-order chi connectivity index (χ0) is 14.3. The molecule has 0 aromatic heterocycles. The van der Waals surface area contributed by atoms with Crippen LogP contribution < -0.4 is 5.14 Å². The van der Waals surface area contributed by atoms with Crippen LogP contribution in [0.4, 0.5) is 4.39 Å². The molecule has 1 aromatic rings. The van der Waals surface area contributed by atoms with E-state index in [4.69, 9.17) is 5.14 Å². The summed E-state index contributed by atoms with van der Waals surface area (Å²) in [5, 5.41) is 5.20. The molecule has 3 saturated heterocycles. The Hall–Kier alpha value is -1.24. The topological polar surface area (TPSA) is 63.4 Å². The van der Waals surface area contributed by atoms with Gasteiger partial charge in [-0.1, -0.05) is 11.6 Å². The number of nitrogens with zero attached hydrogens (tertiary/aromatic N) is 1. The lowest BCUT2D eigenvalue weighted by Gasteiger charge is -2.41. The van der Waals surface area contributed by atoms with E-state index in [9.17, 15) is 12.8 Å². The van der Waals surface area contributed by atoms with Crippen molar-refractivity contribution in [3.8, 4) is 0 Å². The molecular weight excluding hydrogens is 279 g/mol. The van der Waals surface area contributed by atoms with E-state index in [1.54, 1.807) is 6.08 Å². The van der Waals surface area contributed by atoms with Crippen LogP contribution in [0.1, 0.15) is 18.4 Å². The standard InChI is InChI=1S/C14H17FN2O2S/c15-13-1-2-14(20(16,18)19)11(8-13)7-12-9-17-5-3-10(12)4-6-17/h1-2,7-8,10H,3-6,9H2,(H2,16,18,19)/b12-7-. The van der Waals surface area contributed by atoms with E-state index in [1.807, 2.05) is 0 Å². The average molecular weight is 296 g/mol. The van der Waals surface area contributed by atoms with Crippen LogP contribution in [0.2, 0.25) is 0 Å². The Morgan fingerprint density at radius 1 is 1.30 bits per heavy atom. The van der Waals surface area contributed by atoms with Crippen LogP contribution in [-0.2, 0) is 10.0 Å². The molecule has 1 aromatic carbocycles. The van der Waals surface area contributed by atoms with Gasteiger partial charge in [0.25, 0.3) is 0 Å². The van der Waals surface area contributed by atoms with Gasteiger partial charge in [-0.05, 0) is 55.6 Å². The van der Waals surface area contributed by atoms with Crippen LogP contribution in [0.15, 0.2) is 28.7 Å². The van der Waals surface area contributed by atoms with Gasteiger partial charge in [0.15, 0.2) is 0 Å². The van der Waals surface area contributed by atoms with Crippen LogP contribution in [0.5, 0.6) is 0 Å². The number of primary sulfonamides is 1. The molecule has 0 radical (unpaired) electrons. The van der Waals surface area contributed by atoms with Crippen molar-refractivity contribution in [3.63, 3.8) is 0 Å². The summed E-state index contributed by atoms with van der Waals surface area (Å²) in [6.45, 7) is 3.02. The van der Waals surface area contributed by atoms with Crippen molar-refractivity contribution < 1.29 is 12.8 Å². The van der Waals surface area contributed by atoms with E-state index >= 15 is 0 Å². The first-order chi connectivity index (χ1) is 9.43. The molecular formula is C14H17FN2O2S. The minimum Gasteiger partial charge on any atom is -0.299 e. The Bertz CT molecular complexity index is 662. The molecule has 4 rings (SSSR count). The van der Waals surface area contributed by atoms with Gasteiger partial charge in [0.2, 0.25) is 10.0 Å². The van der Waals surface area contributed by atoms with E-state index in [-0.39, 0.29) is 4.90 Å². The Kier molecular flexibility index (Phi) is 3.40.